The Morgan fingerprint density at radius 1 is 1.15 bits per heavy atom. The molecule has 2 N–H and O–H groups in total. The zero-order valence-corrected chi connectivity index (χ0v) is 16.6. The second kappa shape index (κ2) is 8.77. The number of halogens is 2. The van der Waals surface area contributed by atoms with Crippen LogP contribution in [0.25, 0.3) is 0 Å². The highest BCUT2D eigenvalue weighted by Gasteiger charge is 2.04. The Labute approximate surface area is 166 Å². The third-order valence-electron chi connectivity index (χ3n) is 3.41. The minimum atomic E-state index is -0.330. The molecule has 8 heteroatoms. The fourth-order valence-corrected chi connectivity index (χ4v) is 2.64. The Morgan fingerprint density at radius 3 is 2.73 bits per heavy atom. The van der Waals surface area contributed by atoms with E-state index in [2.05, 4.69) is 52.6 Å². The maximum atomic E-state index is 11.5. The molecular formula is C18H14Br2N4O2. The van der Waals surface area contributed by atoms with Crippen LogP contribution in [0.4, 0.5) is 5.69 Å². The molecule has 1 heterocycles. The van der Waals surface area contributed by atoms with E-state index in [1.54, 1.807) is 6.21 Å². The lowest BCUT2D eigenvalue weighted by Crippen LogP contribution is -2.10. The van der Waals surface area contributed by atoms with Crippen molar-refractivity contribution in [2.45, 2.75) is 6.61 Å². The Hall–Kier alpha value is -2.45. The van der Waals surface area contributed by atoms with Crippen molar-refractivity contribution in [1.82, 2.24) is 10.2 Å². The molecule has 26 heavy (non-hydrogen) atoms. The normalized spacial score (nSPS) is 10.8. The van der Waals surface area contributed by atoms with Crippen LogP contribution in [0.5, 0.6) is 5.75 Å². The number of nitrogens with zero attached hydrogens (tertiary/aromatic N) is 2. The van der Waals surface area contributed by atoms with E-state index in [4.69, 9.17) is 4.74 Å². The average Bonchev–Trinajstić information content (AvgIpc) is 2.65. The lowest BCUT2D eigenvalue weighted by atomic mass is 10.2. The molecule has 6 nitrogen and oxygen atoms in total. The van der Waals surface area contributed by atoms with Gasteiger partial charge in [-0.1, -0.05) is 40.2 Å². The molecular weight excluding hydrogens is 464 g/mol. The van der Waals surface area contributed by atoms with Crippen molar-refractivity contribution in [3.8, 4) is 5.75 Å². The van der Waals surface area contributed by atoms with Gasteiger partial charge in [0.25, 0.3) is 5.56 Å². The second-order valence-electron chi connectivity index (χ2n) is 5.25. The van der Waals surface area contributed by atoms with E-state index < -0.39 is 0 Å². The minimum Gasteiger partial charge on any atom is -0.488 e. The first-order valence-corrected chi connectivity index (χ1v) is 9.20. The third-order valence-corrected chi connectivity index (χ3v) is 4.73. The van der Waals surface area contributed by atoms with Crippen molar-refractivity contribution >= 4 is 43.8 Å². The van der Waals surface area contributed by atoms with Gasteiger partial charge in [0, 0.05) is 10.0 Å². The van der Waals surface area contributed by atoms with Gasteiger partial charge in [0.05, 0.1) is 18.1 Å². The number of nitrogens with one attached hydrogen (secondary N) is 2. The molecule has 0 aliphatic rings. The van der Waals surface area contributed by atoms with Crippen LogP contribution in [0.15, 0.2) is 73.6 Å². The monoisotopic (exact) mass is 476 g/mol. The summed E-state index contributed by atoms with van der Waals surface area (Å²) in [6.07, 6.45) is 3.10. The molecule has 0 aliphatic heterocycles. The molecule has 1 aromatic heterocycles. The highest BCUT2D eigenvalue weighted by molar-refractivity contribution is 9.10. The molecule has 132 valence electrons. The highest BCUT2D eigenvalue weighted by atomic mass is 79.9. The number of H-pyrrole nitrogens is 1. The number of aromatic nitrogens is 2. The molecule has 0 spiro atoms. The molecule has 0 aliphatic carbocycles. The fourth-order valence-electron chi connectivity index (χ4n) is 2.09. The zero-order chi connectivity index (χ0) is 18.4. The number of rotatable bonds is 6. The number of aromatic amines is 1. The van der Waals surface area contributed by atoms with Crippen LogP contribution in [-0.2, 0) is 6.61 Å². The summed E-state index contributed by atoms with van der Waals surface area (Å²) in [4.78, 5) is 11.5. The van der Waals surface area contributed by atoms with E-state index in [1.807, 2.05) is 48.5 Å². The second-order valence-corrected chi connectivity index (χ2v) is 6.96. The number of hydrazone groups is 1. The van der Waals surface area contributed by atoms with Crippen molar-refractivity contribution in [3.05, 3.63) is 85.2 Å². The van der Waals surface area contributed by atoms with E-state index in [0.717, 1.165) is 15.6 Å². The number of para-hydroxylation sites is 1. The standard InChI is InChI=1S/C18H14Br2N4O2/c19-14-7-5-12(6-8-14)11-26-16-4-2-1-3-13(16)9-21-23-15-10-22-24-18(25)17(15)20/h1-10H,11H2,(H2,23,24,25)/b21-9-. The number of ether oxygens (including phenoxy) is 1. The summed E-state index contributed by atoms with van der Waals surface area (Å²) >= 11 is 6.60. The van der Waals surface area contributed by atoms with Crippen LogP contribution < -0.4 is 15.7 Å². The largest absolute Gasteiger partial charge is 0.488 e. The summed E-state index contributed by atoms with van der Waals surface area (Å²) in [5, 5.41) is 10.2. The van der Waals surface area contributed by atoms with Gasteiger partial charge in [-0.2, -0.15) is 10.2 Å². The molecule has 0 atom stereocenters. The maximum Gasteiger partial charge on any atom is 0.280 e. The maximum absolute atomic E-state index is 11.5. The van der Waals surface area contributed by atoms with Gasteiger partial charge < -0.3 is 4.74 Å². The van der Waals surface area contributed by atoms with Crippen LogP contribution in [0.1, 0.15) is 11.1 Å². The lowest BCUT2D eigenvalue weighted by Gasteiger charge is -2.09. The van der Waals surface area contributed by atoms with Gasteiger partial charge in [0.1, 0.15) is 16.8 Å². The Morgan fingerprint density at radius 2 is 1.92 bits per heavy atom. The molecule has 0 saturated carbocycles. The van der Waals surface area contributed by atoms with E-state index in [9.17, 15) is 4.79 Å². The van der Waals surface area contributed by atoms with Crippen molar-refractivity contribution in [1.29, 1.82) is 0 Å². The van der Waals surface area contributed by atoms with Crippen LogP contribution in [0.2, 0.25) is 0 Å². The number of benzene rings is 2. The number of hydrogen-bond acceptors (Lipinski definition) is 5. The third kappa shape index (κ3) is 4.80. The van der Waals surface area contributed by atoms with Gasteiger partial charge in [-0.15, -0.1) is 0 Å². The fraction of sp³-hybridized carbons (Fsp3) is 0.0556. The first kappa shape index (κ1) is 18.3. The highest BCUT2D eigenvalue weighted by Crippen LogP contribution is 2.19. The molecule has 3 aromatic rings. The lowest BCUT2D eigenvalue weighted by molar-refractivity contribution is 0.306. The van der Waals surface area contributed by atoms with Crippen LogP contribution in [-0.4, -0.2) is 16.4 Å². The molecule has 0 radical (unpaired) electrons. The first-order chi connectivity index (χ1) is 12.6. The van der Waals surface area contributed by atoms with Crippen molar-refractivity contribution in [2.75, 3.05) is 5.43 Å². The average molecular weight is 478 g/mol. The van der Waals surface area contributed by atoms with Crippen LogP contribution in [0, 0.1) is 0 Å². The SMILES string of the molecule is O=c1[nH]ncc(N/N=C\c2ccccc2OCc2ccc(Br)cc2)c1Br. The minimum absolute atomic E-state index is 0.330. The Balaban J connectivity index is 1.69. The predicted molar refractivity (Wildman–Crippen MR) is 109 cm³/mol. The molecule has 0 amide bonds. The smallest absolute Gasteiger partial charge is 0.280 e. The molecule has 3 rings (SSSR count). The zero-order valence-electron chi connectivity index (χ0n) is 13.4. The van der Waals surface area contributed by atoms with Crippen molar-refractivity contribution < 1.29 is 4.74 Å². The van der Waals surface area contributed by atoms with Gasteiger partial charge >= 0.3 is 0 Å². The van der Waals surface area contributed by atoms with Gasteiger partial charge in [-0.25, -0.2) is 5.10 Å². The van der Waals surface area contributed by atoms with Gasteiger partial charge in [-0.05, 0) is 45.8 Å². The van der Waals surface area contributed by atoms with E-state index in [1.165, 1.54) is 6.20 Å². The van der Waals surface area contributed by atoms with Gasteiger partial charge in [0.15, 0.2) is 0 Å². The Kier molecular flexibility index (Phi) is 6.19. The molecule has 0 fully saturated rings. The van der Waals surface area contributed by atoms with Gasteiger partial charge in [-0.3, -0.25) is 10.2 Å². The Bertz CT molecular complexity index is 971. The summed E-state index contributed by atoms with van der Waals surface area (Å²) in [5.74, 6) is 0.712. The summed E-state index contributed by atoms with van der Waals surface area (Å²) in [6, 6.07) is 15.5. The van der Waals surface area contributed by atoms with E-state index in [0.29, 0.717) is 22.5 Å². The predicted octanol–water partition coefficient (Wildman–Crippen LogP) is 4.32. The van der Waals surface area contributed by atoms with E-state index in [-0.39, 0.29) is 5.56 Å². The van der Waals surface area contributed by atoms with Crippen LogP contribution in [0.3, 0.4) is 0 Å². The van der Waals surface area contributed by atoms with E-state index >= 15 is 0 Å². The van der Waals surface area contributed by atoms with Crippen molar-refractivity contribution in [2.24, 2.45) is 5.10 Å². The topological polar surface area (TPSA) is 79.4 Å². The summed E-state index contributed by atoms with van der Waals surface area (Å²) in [7, 11) is 0. The van der Waals surface area contributed by atoms with Crippen LogP contribution >= 0.6 is 31.9 Å². The number of anilines is 1. The quantitative estimate of drug-likeness (QED) is 0.409. The summed E-state index contributed by atoms with van der Waals surface area (Å²) in [5.41, 5.74) is 4.81. The summed E-state index contributed by atoms with van der Waals surface area (Å²) < 4.78 is 7.26. The number of hydrogen-bond donors (Lipinski definition) is 2. The van der Waals surface area contributed by atoms with Gasteiger partial charge in [0.2, 0.25) is 0 Å². The molecule has 2 aromatic carbocycles. The molecule has 0 unspecified atom stereocenters. The molecule has 0 saturated heterocycles. The molecule has 0 bridgehead atoms. The van der Waals surface area contributed by atoms with Crippen molar-refractivity contribution in [3.63, 3.8) is 0 Å². The summed E-state index contributed by atoms with van der Waals surface area (Å²) in [6.45, 7) is 0.453. The first-order valence-electron chi connectivity index (χ1n) is 7.62.